The number of hydrogen-bond acceptors (Lipinski definition) is 1. The molecular weight excluding hydrogens is 350 g/mol. The Morgan fingerprint density at radius 2 is 1.17 bits per heavy atom. The van der Waals surface area contributed by atoms with Crippen LogP contribution in [-0.2, 0) is 39.1 Å². The van der Waals surface area contributed by atoms with Crippen molar-refractivity contribution in [2.75, 3.05) is 14.1 Å². The van der Waals surface area contributed by atoms with Crippen LogP contribution < -0.4 is 0 Å². The van der Waals surface area contributed by atoms with Crippen LogP contribution in [0, 0.1) is 33.3 Å². The maximum atomic E-state index is 7.50. The van der Waals surface area contributed by atoms with Gasteiger partial charge in [0.2, 0.25) is 0 Å². The van der Waals surface area contributed by atoms with E-state index in [1.54, 1.807) is 0 Å². The van der Waals surface area contributed by atoms with Gasteiger partial charge in [0.05, 0.1) is 0 Å². The number of rotatable bonds is 3. The second-order valence-corrected chi connectivity index (χ2v) is 4.04. The van der Waals surface area contributed by atoms with E-state index in [2.05, 4.69) is 79.1 Å². The molecule has 0 aliphatic carbocycles. The van der Waals surface area contributed by atoms with Crippen LogP contribution in [0.2, 0.25) is 0 Å². The first-order valence-electron chi connectivity index (χ1n) is 5.58. The van der Waals surface area contributed by atoms with Gasteiger partial charge in [0.15, 0.2) is 0 Å². The monoisotopic (exact) mass is 365 g/mol. The summed E-state index contributed by atoms with van der Waals surface area (Å²) in [6.07, 6.45) is 2.17. The van der Waals surface area contributed by atoms with Crippen LogP contribution in [-0.4, -0.2) is 23.5 Å². The molecule has 0 saturated heterocycles. The van der Waals surface area contributed by atoms with Crippen molar-refractivity contribution in [1.29, 1.82) is 0 Å². The van der Waals surface area contributed by atoms with E-state index >= 15 is 0 Å². The molecule has 24 heavy (non-hydrogen) atoms. The summed E-state index contributed by atoms with van der Waals surface area (Å²) in [6.45, 7) is 24.6. The molecule has 0 fully saturated rings. The summed E-state index contributed by atoms with van der Waals surface area (Å²) in [5.41, 5.74) is 2.49. The molecule has 1 rings (SSSR count). The van der Waals surface area contributed by atoms with E-state index < -0.39 is 0 Å². The summed E-state index contributed by atoms with van der Waals surface area (Å²) < 4.78 is 38.7. The van der Waals surface area contributed by atoms with Gasteiger partial charge in [-0.2, -0.15) is 0 Å². The summed E-state index contributed by atoms with van der Waals surface area (Å²) in [5, 5.41) is 0. The van der Waals surface area contributed by atoms with E-state index in [0.29, 0.717) is 0 Å². The number of likely N-dealkylation sites (N-methyl/N-ethyl adjacent to an activating group) is 1. The molecule has 0 aliphatic rings. The van der Waals surface area contributed by atoms with Gasteiger partial charge in [-0.1, -0.05) is 0 Å². The van der Waals surface area contributed by atoms with Crippen LogP contribution in [0.3, 0.4) is 0 Å². The van der Waals surface area contributed by atoms with Gasteiger partial charge < -0.3 is 0 Å². The van der Waals surface area contributed by atoms with Gasteiger partial charge in [0, 0.05) is 0 Å². The van der Waals surface area contributed by atoms with Gasteiger partial charge in [-0.05, 0) is 0 Å². The molecule has 7 heteroatoms. The van der Waals surface area contributed by atoms with Crippen molar-refractivity contribution in [1.82, 2.24) is 4.90 Å². The zero-order chi connectivity index (χ0) is 20.6. The Balaban J connectivity index is -0.000000103. The van der Waals surface area contributed by atoms with Crippen LogP contribution in [0.5, 0.6) is 0 Å². The molecule has 0 aromatic heterocycles. The van der Waals surface area contributed by atoms with E-state index in [-0.39, 0.29) is 0 Å². The Kier molecular flexibility index (Phi) is 45.9. The molecule has 124 valence electrons. The van der Waals surface area contributed by atoms with Crippen LogP contribution in [0.4, 0.5) is 0 Å². The molecule has 6 nitrogen and oxygen atoms in total. The molecule has 1 aromatic carbocycles. The molecule has 0 N–H and O–H groups in total. The first-order valence-corrected chi connectivity index (χ1v) is 6.22. The van der Waals surface area contributed by atoms with Gasteiger partial charge in [-0.25, -0.2) is 0 Å². The summed E-state index contributed by atoms with van der Waals surface area (Å²) in [5.74, 6) is 0. The summed E-state index contributed by atoms with van der Waals surface area (Å²) >= 11 is 3.07. The quantitative estimate of drug-likeness (QED) is 0.594. The Hall–Kier alpha value is -1.98. The predicted octanol–water partition coefficient (Wildman–Crippen LogP) is 2.14. The normalized spacial score (nSPS) is 7.33. The SMILES string of the molecule is C/C(=C\c1ccccc1)[C](=[Cr])N(C)C.[C-]#[O+].[C-]#[O+].[C-]#[O+].[C-]#[O+].[C-]#[O+]. The van der Waals surface area contributed by atoms with Gasteiger partial charge in [-0.15, -0.1) is 0 Å². The average molecular weight is 365 g/mol. The molecule has 0 radical (unpaired) electrons. The van der Waals surface area contributed by atoms with E-state index in [9.17, 15) is 0 Å². The van der Waals surface area contributed by atoms with E-state index in [1.807, 2.05) is 32.3 Å². The minimum atomic E-state index is 1.17. The summed E-state index contributed by atoms with van der Waals surface area (Å²) in [7, 11) is 4.07. The molecule has 0 heterocycles. The molecule has 0 spiro atoms. The summed E-state index contributed by atoms with van der Waals surface area (Å²) in [4.78, 5) is 2.08. The van der Waals surface area contributed by atoms with Gasteiger partial charge in [0.1, 0.15) is 0 Å². The summed E-state index contributed by atoms with van der Waals surface area (Å²) in [6, 6.07) is 10.3. The Morgan fingerprint density at radius 1 is 0.833 bits per heavy atom. The van der Waals surface area contributed by atoms with Crippen LogP contribution in [0.25, 0.3) is 6.08 Å². The van der Waals surface area contributed by atoms with Crippen molar-refractivity contribution >= 4 is 10.6 Å². The molecular formula is C17H15CrNO5. The third-order valence-electron chi connectivity index (χ3n) is 1.93. The van der Waals surface area contributed by atoms with E-state index in [0.717, 1.165) is 0 Å². The zero-order valence-corrected chi connectivity index (χ0v) is 14.6. The zero-order valence-electron chi connectivity index (χ0n) is 13.4. The Labute approximate surface area is 150 Å². The molecule has 0 saturated carbocycles. The van der Waals surface area contributed by atoms with Crippen molar-refractivity contribution in [3.8, 4) is 0 Å². The van der Waals surface area contributed by atoms with Crippen molar-refractivity contribution in [2.24, 2.45) is 0 Å². The van der Waals surface area contributed by atoms with Crippen LogP contribution >= 0.6 is 0 Å². The first-order chi connectivity index (χ1) is 11.6. The van der Waals surface area contributed by atoms with Crippen LogP contribution in [0.15, 0.2) is 35.9 Å². The van der Waals surface area contributed by atoms with Crippen LogP contribution in [0.1, 0.15) is 12.5 Å². The van der Waals surface area contributed by atoms with Crippen molar-refractivity contribution < 1.29 is 39.1 Å². The second-order valence-electron chi connectivity index (χ2n) is 3.44. The first kappa shape index (κ1) is 33.6. The Bertz CT molecular complexity index is 505. The molecule has 0 bridgehead atoms. The molecule has 0 aliphatic heterocycles. The third kappa shape index (κ3) is 22.3. The van der Waals surface area contributed by atoms with Crippen molar-refractivity contribution in [3.05, 3.63) is 74.7 Å². The predicted molar refractivity (Wildman–Crippen MR) is 78.4 cm³/mol. The molecule has 0 unspecified atom stereocenters. The van der Waals surface area contributed by atoms with Crippen molar-refractivity contribution in [2.45, 2.75) is 6.92 Å². The second kappa shape index (κ2) is 32.8. The fourth-order valence-electron chi connectivity index (χ4n) is 1.21. The van der Waals surface area contributed by atoms with E-state index in [1.165, 1.54) is 15.6 Å². The number of benzene rings is 1. The topological polar surface area (TPSA) is 103 Å². The molecule has 0 amide bonds. The number of hydrogen-bond donors (Lipinski definition) is 0. The fourth-order valence-corrected chi connectivity index (χ4v) is 1.31. The number of nitrogens with zero attached hydrogens (tertiary/aromatic N) is 1. The van der Waals surface area contributed by atoms with E-state index in [4.69, 9.17) is 23.3 Å². The van der Waals surface area contributed by atoms with Gasteiger partial charge in [0.25, 0.3) is 0 Å². The average Bonchev–Trinajstić information content (AvgIpc) is 2.69. The van der Waals surface area contributed by atoms with Crippen molar-refractivity contribution in [3.63, 3.8) is 0 Å². The maximum absolute atomic E-state index is 7.50. The van der Waals surface area contributed by atoms with Gasteiger partial charge in [-0.3, -0.25) is 0 Å². The molecule has 0 atom stereocenters. The standard InChI is InChI=1S/C12H15N.5CO.Cr/c1-11(10-13(2)3)9-12-7-5-4-6-8-12;5*1-2;/h4-9H,1-3H3;;;;;;/b11-9+;;;;;;. The fraction of sp³-hybridized carbons (Fsp3) is 0.176. The molecule has 1 aromatic rings. The third-order valence-corrected chi connectivity index (χ3v) is 3.00. The Morgan fingerprint density at radius 3 is 1.46 bits per heavy atom. The van der Waals surface area contributed by atoms with Gasteiger partial charge >= 0.3 is 150 Å². The minimum absolute atomic E-state index is 1.17.